The summed E-state index contributed by atoms with van der Waals surface area (Å²) in [6.07, 6.45) is 5.04. The standard InChI is InChI=1S/C18H27N5O2/c1-12-14-7-6-9-22(3)18(14)21-17(20-12)15-8-4-5-10-23(15)16(25)11-19-13(2)24/h15H,4-11H2,1-3H3,(H,19,24). The highest BCUT2D eigenvalue weighted by Crippen LogP contribution is 2.33. The van der Waals surface area contributed by atoms with Gasteiger partial charge in [-0.1, -0.05) is 0 Å². The third kappa shape index (κ3) is 3.75. The Bertz CT molecular complexity index is 676. The number of hydrogen-bond donors (Lipinski definition) is 1. The summed E-state index contributed by atoms with van der Waals surface area (Å²) in [4.78, 5) is 37.3. The molecular formula is C18H27N5O2. The molecule has 1 unspecified atom stereocenters. The van der Waals surface area contributed by atoms with E-state index >= 15 is 0 Å². The van der Waals surface area contributed by atoms with Crippen molar-refractivity contribution in [3.8, 4) is 0 Å². The molecule has 0 radical (unpaired) electrons. The molecule has 1 aromatic heterocycles. The number of hydrogen-bond acceptors (Lipinski definition) is 5. The molecular weight excluding hydrogens is 318 g/mol. The van der Waals surface area contributed by atoms with Gasteiger partial charge in [-0.2, -0.15) is 0 Å². The summed E-state index contributed by atoms with van der Waals surface area (Å²) in [5.41, 5.74) is 2.25. The fourth-order valence-corrected chi connectivity index (χ4v) is 3.76. The molecule has 3 heterocycles. The second kappa shape index (κ2) is 7.37. The maximum Gasteiger partial charge on any atom is 0.242 e. The molecule has 1 atom stereocenters. The molecule has 1 aromatic rings. The van der Waals surface area contributed by atoms with Gasteiger partial charge in [0, 0.05) is 38.3 Å². The Kier molecular flexibility index (Phi) is 5.20. The van der Waals surface area contributed by atoms with Crippen LogP contribution in [0.4, 0.5) is 5.82 Å². The highest BCUT2D eigenvalue weighted by molar-refractivity contribution is 5.84. The molecule has 0 bridgehead atoms. The highest BCUT2D eigenvalue weighted by Gasteiger charge is 2.31. The van der Waals surface area contributed by atoms with E-state index < -0.39 is 0 Å². The lowest BCUT2D eigenvalue weighted by atomic mass is 9.99. The first-order chi connectivity index (χ1) is 12.0. The molecule has 7 heteroatoms. The van der Waals surface area contributed by atoms with Crippen molar-refractivity contribution in [1.29, 1.82) is 0 Å². The van der Waals surface area contributed by atoms with Crippen molar-refractivity contribution in [3.63, 3.8) is 0 Å². The van der Waals surface area contributed by atoms with Gasteiger partial charge in [0.05, 0.1) is 12.6 Å². The smallest absolute Gasteiger partial charge is 0.242 e. The number of nitrogens with zero attached hydrogens (tertiary/aromatic N) is 4. The molecule has 3 rings (SSSR count). The molecule has 1 fully saturated rings. The number of nitrogens with one attached hydrogen (secondary N) is 1. The molecule has 136 valence electrons. The first-order valence-electron chi connectivity index (χ1n) is 9.10. The van der Waals surface area contributed by atoms with Crippen LogP contribution in [-0.4, -0.2) is 53.4 Å². The molecule has 1 N–H and O–H groups in total. The molecule has 0 aromatic carbocycles. The van der Waals surface area contributed by atoms with E-state index in [-0.39, 0.29) is 24.4 Å². The van der Waals surface area contributed by atoms with Gasteiger partial charge < -0.3 is 15.1 Å². The lowest BCUT2D eigenvalue weighted by Crippen LogP contribution is -2.44. The lowest BCUT2D eigenvalue weighted by Gasteiger charge is -2.36. The van der Waals surface area contributed by atoms with Crippen LogP contribution in [0.25, 0.3) is 0 Å². The summed E-state index contributed by atoms with van der Waals surface area (Å²) >= 11 is 0. The third-order valence-electron chi connectivity index (χ3n) is 5.10. The van der Waals surface area contributed by atoms with Gasteiger partial charge in [-0.3, -0.25) is 9.59 Å². The van der Waals surface area contributed by atoms with Crippen LogP contribution in [0.2, 0.25) is 0 Å². The Balaban J connectivity index is 1.87. The Morgan fingerprint density at radius 1 is 1.20 bits per heavy atom. The Morgan fingerprint density at radius 3 is 2.76 bits per heavy atom. The summed E-state index contributed by atoms with van der Waals surface area (Å²) in [5.74, 6) is 1.49. The average molecular weight is 345 g/mol. The van der Waals surface area contributed by atoms with Gasteiger partial charge in [0.2, 0.25) is 11.8 Å². The van der Waals surface area contributed by atoms with E-state index in [1.54, 1.807) is 0 Å². The van der Waals surface area contributed by atoms with E-state index in [1.807, 2.05) is 11.8 Å². The zero-order valence-electron chi connectivity index (χ0n) is 15.3. The predicted molar refractivity (Wildman–Crippen MR) is 95.3 cm³/mol. The van der Waals surface area contributed by atoms with Crippen LogP contribution in [0.1, 0.15) is 55.7 Å². The first-order valence-corrected chi connectivity index (χ1v) is 9.10. The fraction of sp³-hybridized carbons (Fsp3) is 0.667. The summed E-state index contributed by atoms with van der Waals surface area (Å²) in [6, 6.07) is -0.102. The minimum atomic E-state index is -0.190. The van der Waals surface area contributed by atoms with Gasteiger partial charge in [-0.05, 0) is 39.0 Å². The van der Waals surface area contributed by atoms with Crippen molar-refractivity contribution in [2.24, 2.45) is 0 Å². The molecule has 0 spiro atoms. The van der Waals surface area contributed by atoms with Gasteiger partial charge >= 0.3 is 0 Å². The SMILES string of the molecule is CC(=O)NCC(=O)N1CCCCC1c1nc(C)c2c(n1)N(C)CCC2. The topological polar surface area (TPSA) is 78.4 Å². The molecule has 0 aliphatic carbocycles. The van der Waals surface area contributed by atoms with Crippen molar-refractivity contribution in [1.82, 2.24) is 20.2 Å². The summed E-state index contributed by atoms with van der Waals surface area (Å²) < 4.78 is 0. The minimum Gasteiger partial charge on any atom is -0.359 e. The summed E-state index contributed by atoms with van der Waals surface area (Å²) in [7, 11) is 2.06. The van der Waals surface area contributed by atoms with E-state index in [4.69, 9.17) is 9.97 Å². The van der Waals surface area contributed by atoms with Gasteiger partial charge in [0.25, 0.3) is 0 Å². The maximum absolute atomic E-state index is 12.6. The van der Waals surface area contributed by atoms with Crippen LogP contribution in [0.5, 0.6) is 0 Å². The third-order valence-corrected chi connectivity index (χ3v) is 5.10. The molecule has 1 saturated heterocycles. The monoisotopic (exact) mass is 345 g/mol. The van der Waals surface area contributed by atoms with Crippen LogP contribution in [0.3, 0.4) is 0 Å². The molecule has 25 heavy (non-hydrogen) atoms. The fourth-order valence-electron chi connectivity index (χ4n) is 3.76. The Hall–Kier alpha value is -2.18. The normalized spacial score (nSPS) is 20.2. The van der Waals surface area contributed by atoms with Gasteiger partial charge in [0.1, 0.15) is 5.82 Å². The number of fused-ring (bicyclic) bond motifs is 1. The quantitative estimate of drug-likeness (QED) is 0.895. The average Bonchev–Trinajstić information content (AvgIpc) is 2.60. The van der Waals surface area contributed by atoms with E-state index in [0.29, 0.717) is 6.54 Å². The van der Waals surface area contributed by atoms with Gasteiger partial charge in [-0.25, -0.2) is 9.97 Å². The number of aromatic nitrogens is 2. The molecule has 0 saturated carbocycles. The van der Waals surface area contributed by atoms with Crippen LogP contribution in [0.15, 0.2) is 0 Å². The van der Waals surface area contributed by atoms with Crippen molar-refractivity contribution in [2.75, 3.05) is 31.6 Å². The second-order valence-corrected chi connectivity index (χ2v) is 7.00. The number of piperidine rings is 1. The number of likely N-dealkylation sites (tertiary alicyclic amines) is 1. The molecule has 2 aliphatic rings. The minimum absolute atomic E-state index is 0.0374. The van der Waals surface area contributed by atoms with Crippen molar-refractivity contribution < 1.29 is 9.59 Å². The van der Waals surface area contributed by atoms with Crippen molar-refractivity contribution in [2.45, 2.75) is 52.0 Å². The number of aryl methyl sites for hydroxylation is 1. The molecule has 2 amide bonds. The Morgan fingerprint density at radius 2 is 2.00 bits per heavy atom. The highest BCUT2D eigenvalue weighted by atomic mass is 16.2. The van der Waals surface area contributed by atoms with E-state index in [9.17, 15) is 9.59 Å². The van der Waals surface area contributed by atoms with Crippen molar-refractivity contribution >= 4 is 17.6 Å². The second-order valence-electron chi connectivity index (χ2n) is 7.00. The van der Waals surface area contributed by atoms with Crippen LogP contribution in [0, 0.1) is 6.92 Å². The molecule has 7 nitrogen and oxygen atoms in total. The zero-order valence-corrected chi connectivity index (χ0v) is 15.3. The summed E-state index contributed by atoms with van der Waals surface area (Å²) in [6.45, 7) is 5.19. The number of amides is 2. The van der Waals surface area contributed by atoms with E-state index in [0.717, 1.165) is 56.0 Å². The number of carbonyl (C=O) groups is 2. The molecule has 2 aliphatic heterocycles. The maximum atomic E-state index is 12.6. The number of anilines is 1. The van der Waals surface area contributed by atoms with Crippen LogP contribution < -0.4 is 10.2 Å². The zero-order chi connectivity index (χ0) is 18.0. The first kappa shape index (κ1) is 17.6. The van der Waals surface area contributed by atoms with Crippen LogP contribution in [-0.2, 0) is 16.0 Å². The lowest BCUT2D eigenvalue weighted by molar-refractivity contribution is -0.136. The van der Waals surface area contributed by atoms with Gasteiger partial charge in [-0.15, -0.1) is 0 Å². The van der Waals surface area contributed by atoms with Crippen molar-refractivity contribution in [3.05, 3.63) is 17.1 Å². The Labute approximate surface area is 148 Å². The van der Waals surface area contributed by atoms with Gasteiger partial charge in [0.15, 0.2) is 5.82 Å². The van der Waals surface area contributed by atoms with Crippen LogP contribution >= 0.6 is 0 Å². The number of carbonyl (C=O) groups excluding carboxylic acids is 2. The summed E-state index contributed by atoms with van der Waals surface area (Å²) in [5, 5.41) is 2.60. The predicted octanol–water partition coefficient (Wildman–Crippen LogP) is 1.36. The largest absolute Gasteiger partial charge is 0.359 e. The number of rotatable bonds is 3. The van der Waals surface area contributed by atoms with E-state index in [1.165, 1.54) is 12.5 Å². The van der Waals surface area contributed by atoms with E-state index in [2.05, 4.69) is 17.3 Å².